The largest absolute Gasteiger partial charge is 0.508 e. The SMILES string of the molecule is CNC(=O)[C@H](Cc1ccc(C)c(O)c1)NC(=O)CSc1ccc2ccccc2c1-c1cncc(OCc2cccc([N+](=O)[O-])c2)c1. The highest BCUT2D eigenvalue weighted by Crippen LogP contribution is 2.38. The van der Waals surface area contributed by atoms with E-state index in [4.69, 9.17) is 4.74 Å². The van der Waals surface area contributed by atoms with Crippen molar-refractivity contribution in [1.29, 1.82) is 0 Å². The number of hydrogen-bond donors (Lipinski definition) is 3. The van der Waals surface area contributed by atoms with E-state index in [1.807, 2.05) is 48.5 Å². The predicted molar refractivity (Wildman–Crippen MR) is 178 cm³/mol. The first-order chi connectivity index (χ1) is 22.2. The molecule has 5 aromatic rings. The summed E-state index contributed by atoms with van der Waals surface area (Å²) < 4.78 is 5.97. The number of phenols is 1. The molecule has 0 saturated heterocycles. The normalized spacial score (nSPS) is 11.5. The molecule has 0 aliphatic rings. The monoisotopic (exact) mass is 636 g/mol. The first-order valence-electron chi connectivity index (χ1n) is 14.5. The van der Waals surface area contributed by atoms with Gasteiger partial charge in [-0.05, 0) is 52.6 Å². The van der Waals surface area contributed by atoms with Crippen LogP contribution < -0.4 is 15.4 Å². The molecule has 2 amide bonds. The van der Waals surface area contributed by atoms with Crippen molar-refractivity contribution < 1.29 is 24.4 Å². The molecule has 1 heterocycles. The first kappa shape index (κ1) is 32.0. The van der Waals surface area contributed by atoms with Gasteiger partial charge in [-0.15, -0.1) is 11.8 Å². The number of benzene rings is 4. The van der Waals surface area contributed by atoms with Gasteiger partial charge in [0.25, 0.3) is 5.69 Å². The Morgan fingerprint density at radius 1 is 1.00 bits per heavy atom. The number of pyridine rings is 1. The quantitative estimate of drug-likeness (QED) is 0.0864. The van der Waals surface area contributed by atoms with Crippen LogP contribution in [0, 0.1) is 17.0 Å². The molecular weight excluding hydrogens is 604 g/mol. The highest BCUT2D eigenvalue weighted by Gasteiger charge is 2.21. The van der Waals surface area contributed by atoms with Gasteiger partial charge in [-0.2, -0.15) is 0 Å². The number of fused-ring (bicyclic) bond motifs is 1. The number of non-ortho nitro benzene ring substituents is 1. The van der Waals surface area contributed by atoms with Crippen molar-refractivity contribution in [3.63, 3.8) is 0 Å². The molecule has 3 N–H and O–H groups in total. The van der Waals surface area contributed by atoms with Crippen LogP contribution in [-0.4, -0.2) is 45.7 Å². The minimum absolute atomic E-state index is 0.00877. The number of aromatic nitrogens is 1. The molecule has 0 radical (unpaired) electrons. The standard InChI is InChI=1S/C35H32N4O6S/c1-22-10-11-23(16-31(22)40)15-30(35(42)36-2)38-33(41)21-46-32-13-12-25-7-3-4-9-29(25)34(32)26-17-28(19-37-18-26)45-20-24-6-5-8-27(14-24)39(43)44/h3-14,16-19,30,40H,15,20-21H2,1-2H3,(H,36,42)(H,38,41)/t30-/m0/s1. The number of nitrogens with one attached hydrogen (secondary N) is 2. The van der Waals surface area contributed by atoms with Crippen LogP contribution in [0.3, 0.4) is 0 Å². The van der Waals surface area contributed by atoms with Gasteiger partial charge in [0.1, 0.15) is 24.1 Å². The number of nitro groups is 1. The van der Waals surface area contributed by atoms with Gasteiger partial charge in [0.15, 0.2) is 0 Å². The molecule has 1 aromatic heterocycles. The molecule has 5 rings (SSSR count). The van der Waals surface area contributed by atoms with E-state index >= 15 is 0 Å². The van der Waals surface area contributed by atoms with Gasteiger partial charge < -0.3 is 20.5 Å². The summed E-state index contributed by atoms with van der Waals surface area (Å²) >= 11 is 1.34. The molecule has 11 heteroatoms. The number of phenolic OH excluding ortho intramolecular Hbond substituents is 1. The van der Waals surface area contributed by atoms with Crippen LogP contribution in [0.4, 0.5) is 5.69 Å². The number of nitro benzene ring substituents is 1. The van der Waals surface area contributed by atoms with Crippen LogP contribution in [0.25, 0.3) is 21.9 Å². The zero-order valence-electron chi connectivity index (χ0n) is 25.2. The molecule has 0 unspecified atom stereocenters. The topological polar surface area (TPSA) is 144 Å². The van der Waals surface area contributed by atoms with Gasteiger partial charge in [-0.1, -0.05) is 54.6 Å². The molecule has 0 aliphatic heterocycles. The second kappa shape index (κ2) is 14.6. The molecule has 0 fully saturated rings. The summed E-state index contributed by atoms with van der Waals surface area (Å²) in [6, 6.07) is 24.4. The molecule has 1 atom stereocenters. The lowest BCUT2D eigenvalue weighted by Gasteiger charge is -2.18. The predicted octanol–water partition coefficient (Wildman–Crippen LogP) is 5.97. The summed E-state index contributed by atoms with van der Waals surface area (Å²) in [5, 5.41) is 28.7. The second-order valence-corrected chi connectivity index (χ2v) is 11.7. The number of likely N-dealkylation sites (N-methyl/N-ethyl adjacent to an activating group) is 1. The van der Waals surface area contributed by atoms with E-state index in [-0.39, 0.29) is 42.0 Å². The summed E-state index contributed by atoms with van der Waals surface area (Å²) in [5.74, 6) is 0.0149. The Balaban J connectivity index is 1.35. The third-order valence-corrected chi connectivity index (χ3v) is 8.45. The fourth-order valence-electron chi connectivity index (χ4n) is 5.01. The summed E-state index contributed by atoms with van der Waals surface area (Å²) in [6.45, 7) is 1.91. The number of amides is 2. The van der Waals surface area contributed by atoms with Gasteiger partial charge in [0.2, 0.25) is 11.8 Å². The van der Waals surface area contributed by atoms with Crippen LogP contribution >= 0.6 is 11.8 Å². The van der Waals surface area contributed by atoms with Crippen molar-refractivity contribution in [3.05, 3.63) is 124 Å². The maximum absolute atomic E-state index is 13.2. The minimum Gasteiger partial charge on any atom is -0.508 e. The van der Waals surface area contributed by atoms with Crippen LogP contribution in [0.1, 0.15) is 16.7 Å². The van der Waals surface area contributed by atoms with E-state index in [0.717, 1.165) is 37.9 Å². The lowest BCUT2D eigenvalue weighted by molar-refractivity contribution is -0.384. The van der Waals surface area contributed by atoms with Crippen LogP contribution in [-0.2, 0) is 22.6 Å². The highest BCUT2D eigenvalue weighted by molar-refractivity contribution is 8.00. The average molecular weight is 637 g/mol. The van der Waals surface area contributed by atoms with Crippen molar-refractivity contribution >= 4 is 40.0 Å². The Morgan fingerprint density at radius 2 is 1.83 bits per heavy atom. The fourth-order valence-corrected chi connectivity index (χ4v) is 5.92. The number of aryl methyl sites for hydroxylation is 1. The number of carbonyl (C=O) groups is 2. The zero-order valence-corrected chi connectivity index (χ0v) is 26.0. The van der Waals surface area contributed by atoms with E-state index in [2.05, 4.69) is 15.6 Å². The van der Waals surface area contributed by atoms with Gasteiger partial charge in [-0.3, -0.25) is 24.7 Å². The van der Waals surface area contributed by atoms with Gasteiger partial charge >= 0.3 is 0 Å². The zero-order chi connectivity index (χ0) is 32.6. The second-order valence-electron chi connectivity index (χ2n) is 10.6. The first-order valence-corrected chi connectivity index (χ1v) is 15.5. The molecular formula is C35H32N4O6S. The van der Waals surface area contributed by atoms with Gasteiger partial charge in [0.05, 0.1) is 16.9 Å². The van der Waals surface area contributed by atoms with Gasteiger partial charge in [-0.25, -0.2) is 0 Å². The van der Waals surface area contributed by atoms with Crippen LogP contribution in [0.5, 0.6) is 11.5 Å². The number of ether oxygens (including phenoxy) is 1. The van der Waals surface area contributed by atoms with Crippen molar-refractivity contribution in [2.24, 2.45) is 0 Å². The molecule has 0 bridgehead atoms. The van der Waals surface area contributed by atoms with Crippen LogP contribution in [0.2, 0.25) is 0 Å². The van der Waals surface area contributed by atoms with E-state index < -0.39 is 11.0 Å². The van der Waals surface area contributed by atoms with Crippen molar-refractivity contribution in [2.45, 2.75) is 30.9 Å². The lowest BCUT2D eigenvalue weighted by atomic mass is 9.99. The number of thioether (sulfide) groups is 1. The third kappa shape index (κ3) is 7.80. The Morgan fingerprint density at radius 3 is 2.61 bits per heavy atom. The van der Waals surface area contributed by atoms with Gasteiger partial charge in [0, 0.05) is 47.8 Å². The Hall–Kier alpha value is -5.42. The minimum atomic E-state index is -0.819. The highest BCUT2D eigenvalue weighted by atomic mass is 32.2. The number of aromatic hydroxyl groups is 1. The molecule has 4 aromatic carbocycles. The Kier molecular flexibility index (Phi) is 10.1. The molecule has 0 spiro atoms. The van der Waals surface area contributed by atoms with Crippen molar-refractivity contribution in [2.75, 3.05) is 12.8 Å². The number of rotatable bonds is 12. The summed E-state index contributed by atoms with van der Waals surface area (Å²) in [5.41, 5.74) is 3.75. The molecule has 234 valence electrons. The van der Waals surface area contributed by atoms with Crippen LogP contribution in [0.15, 0.2) is 102 Å². The summed E-state index contributed by atoms with van der Waals surface area (Å²) in [7, 11) is 1.51. The average Bonchev–Trinajstić information content (AvgIpc) is 3.07. The number of carbonyl (C=O) groups excluding carboxylic acids is 2. The molecule has 0 aliphatic carbocycles. The number of hydrogen-bond acceptors (Lipinski definition) is 8. The fraction of sp³-hybridized carbons (Fsp3) is 0.171. The van der Waals surface area contributed by atoms with E-state index in [0.29, 0.717) is 11.3 Å². The van der Waals surface area contributed by atoms with E-state index in [1.165, 1.54) is 30.9 Å². The van der Waals surface area contributed by atoms with Crippen molar-refractivity contribution in [3.8, 4) is 22.6 Å². The summed E-state index contributed by atoms with van der Waals surface area (Å²) in [4.78, 5) is 41.8. The maximum atomic E-state index is 13.2. The summed E-state index contributed by atoms with van der Waals surface area (Å²) in [6.07, 6.45) is 3.53. The van der Waals surface area contributed by atoms with E-state index in [1.54, 1.807) is 43.6 Å². The Bertz CT molecular complexity index is 1910. The third-order valence-electron chi connectivity index (χ3n) is 7.39. The van der Waals surface area contributed by atoms with E-state index in [9.17, 15) is 24.8 Å². The number of nitrogens with zero attached hydrogens (tertiary/aromatic N) is 2. The molecule has 46 heavy (non-hydrogen) atoms. The Labute approximate surface area is 270 Å². The molecule has 0 saturated carbocycles. The lowest BCUT2D eigenvalue weighted by Crippen LogP contribution is -2.47. The maximum Gasteiger partial charge on any atom is 0.269 e. The van der Waals surface area contributed by atoms with Crippen molar-refractivity contribution in [1.82, 2.24) is 15.6 Å². The molecule has 10 nitrogen and oxygen atoms in total. The smallest absolute Gasteiger partial charge is 0.269 e.